The van der Waals surface area contributed by atoms with Gasteiger partial charge in [0.05, 0.1) is 17.5 Å². The molecule has 0 N–H and O–H groups in total. The predicted octanol–water partition coefficient (Wildman–Crippen LogP) is 5.18. The molecule has 0 fully saturated rings. The molecule has 5 heteroatoms. The van der Waals surface area contributed by atoms with Crippen LogP contribution in [0, 0.1) is 11.3 Å². The number of nitrogens with zero attached hydrogens (tertiary/aromatic N) is 1. The minimum atomic E-state index is 0.274. The Labute approximate surface area is 132 Å². The summed E-state index contributed by atoms with van der Waals surface area (Å²) in [7, 11) is 0. The number of ether oxygens (including phenoxy) is 1. The molecule has 0 spiro atoms. The number of nitriles is 1. The Kier molecular flexibility index (Phi) is 5.14. The van der Waals surface area contributed by atoms with Gasteiger partial charge in [-0.25, -0.2) is 0 Å². The molecule has 2 aromatic carbocycles. The van der Waals surface area contributed by atoms with Crippen LogP contribution in [0.4, 0.5) is 0 Å². The molecule has 0 aromatic heterocycles. The van der Waals surface area contributed by atoms with Crippen LogP contribution in [0.1, 0.15) is 16.7 Å². The minimum absolute atomic E-state index is 0.274. The van der Waals surface area contributed by atoms with Gasteiger partial charge < -0.3 is 4.74 Å². The number of benzene rings is 2. The van der Waals surface area contributed by atoms with Gasteiger partial charge in [0.25, 0.3) is 0 Å². The highest BCUT2D eigenvalue weighted by molar-refractivity contribution is 6.32. The fourth-order valence-corrected chi connectivity index (χ4v) is 2.51. The highest BCUT2D eigenvalue weighted by Gasteiger charge is 2.08. The Hall–Kier alpha value is -1.40. The van der Waals surface area contributed by atoms with Gasteiger partial charge in [-0.2, -0.15) is 5.26 Å². The van der Waals surface area contributed by atoms with Crippen molar-refractivity contribution in [2.45, 2.75) is 12.5 Å². The lowest BCUT2D eigenvalue weighted by molar-refractivity contribution is 0.304. The van der Waals surface area contributed by atoms with E-state index in [1.54, 1.807) is 36.4 Å². The average molecular weight is 327 g/mol. The van der Waals surface area contributed by atoms with Crippen molar-refractivity contribution in [3.63, 3.8) is 0 Å². The standard InChI is InChI=1S/C15H10Cl3NO/c16-7-12-13(17)2-1-3-15(12)20-9-11-5-4-10(8-19)6-14(11)18/h1-6H,7,9H2. The predicted molar refractivity (Wildman–Crippen MR) is 81.5 cm³/mol. The summed E-state index contributed by atoms with van der Waals surface area (Å²) < 4.78 is 5.71. The fourth-order valence-electron chi connectivity index (χ4n) is 1.69. The van der Waals surface area contributed by atoms with E-state index in [4.69, 9.17) is 44.8 Å². The van der Waals surface area contributed by atoms with Crippen LogP contribution in [0.25, 0.3) is 0 Å². The molecule has 20 heavy (non-hydrogen) atoms. The van der Waals surface area contributed by atoms with E-state index in [2.05, 4.69) is 0 Å². The van der Waals surface area contributed by atoms with Crippen LogP contribution < -0.4 is 4.74 Å². The Bertz CT molecular complexity index is 665. The number of alkyl halides is 1. The van der Waals surface area contributed by atoms with Crippen LogP contribution >= 0.6 is 34.8 Å². The van der Waals surface area contributed by atoms with Crippen molar-refractivity contribution in [1.29, 1.82) is 5.26 Å². The third-order valence-corrected chi connectivity index (χ3v) is 3.75. The quantitative estimate of drug-likeness (QED) is 0.725. The highest BCUT2D eigenvalue weighted by atomic mass is 35.5. The summed E-state index contributed by atoms with van der Waals surface area (Å²) in [5, 5.41) is 9.86. The number of hydrogen-bond acceptors (Lipinski definition) is 2. The Balaban J connectivity index is 2.17. The molecule has 2 rings (SSSR count). The molecule has 2 nitrogen and oxygen atoms in total. The lowest BCUT2D eigenvalue weighted by Crippen LogP contribution is -1.99. The zero-order valence-corrected chi connectivity index (χ0v) is 12.6. The van der Waals surface area contributed by atoms with E-state index < -0.39 is 0 Å². The largest absolute Gasteiger partial charge is 0.488 e. The van der Waals surface area contributed by atoms with E-state index in [1.165, 1.54) is 0 Å². The van der Waals surface area contributed by atoms with Gasteiger partial charge in [0.1, 0.15) is 12.4 Å². The number of hydrogen-bond donors (Lipinski definition) is 0. The van der Waals surface area contributed by atoms with Crippen molar-refractivity contribution in [3.8, 4) is 11.8 Å². The van der Waals surface area contributed by atoms with E-state index in [0.29, 0.717) is 21.4 Å². The van der Waals surface area contributed by atoms with E-state index in [-0.39, 0.29) is 12.5 Å². The summed E-state index contributed by atoms with van der Waals surface area (Å²) in [4.78, 5) is 0. The first-order valence-corrected chi connectivity index (χ1v) is 7.09. The Morgan fingerprint density at radius 1 is 1.10 bits per heavy atom. The zero-order chi connectivity index (χ0) is 14.5. The second kappa shape index (κ2) is 6.85. The van der Waals surface area contributed by atoms with Gasteiger partial charge in [-0.3, -0.25) is 0 Å². The van der Waals surface area contributed by atoms with E-state index in [0.717, 1.165) is 11.1 Å². The maximum atomic E-state index is 8.79. The SMILES string of the molecule is N#Cc1ccc(COc2cccc(Cl)c2CCl)c(Cl)c1. The van der Waals surface area contributed by atoms with Crippen molar-refractivity contribution in [1.82, 2.24) is 0 Å². The summed E-state index contributed by atoms with van der Waals surface area (Å²) in [5.74, 6) is 0.906. The molecular formula is C15H10Cl3NO. The number of rotatable bonds is 4. The van der Waals surface area contributed by atoms with Crippen molar-refractivity contribution in [3.05, 3.63) is 63.1 Å². The van der Waals surface area contributed by atoms with Gasteiger partial charge >= 0.3 is 0 Å². The third kappa shape index (κ3) is 3.37. The maximum absolute atomic E-state index is 8.79. The van der Waals surface area contributed by atoms with Gasteiger partial charge in [-0.1, -0.05) is 35.3 Å². The van der Waals surface area contributed by atoms with E-state index in [9.17, 15) is 0 Å². The second-order valence-corrected chi connectivity index (χ2v) is 5.14. The molecule has 0 aliphatic rings. The zero-order valence-electron chi connectivity index (χ0n) is 10.4. The van der Waals surface area contributed by atoms with Crippen LogP contribution in [0.2, 0.25) is 10.0 Å². The molecule has 0 bridgehead atoms. The molecule has 102 valence electrons. The molecule has 0 saturated heterocycles. The summed E-state index contributed by atoms with van der Waals surface area (Å²) in [6.07, 6.45) is 0. The fraction of sp³-hybridized carbons (Fsp3) is 0.133. The molecular weight excluding hydrogens is 317 g/mol. The smallest absolute Gasteiger partial charge is 0.125 e. The maximum Gasteiger partial charge on any atom is 0.125 e. The lowest BCUT2D eigenvalue weighted by atomic mass is 10.1. The van der Waals surface area contributed by atoms with Crippen LogP contribution in [0.5, 0.6) is 5.75 Å². The highest BCUT2D eigenvalue weighted by Crippen LogP contribution is 2.29. The van der Waals surface area contributed by atoms with Crippen molar-refractivity contribution < 1.29 is 4.74 Å². The van der Waals surface area contributed by atoms with Crippen molar-refractivity contribution in [2.75, 3.05) is 0 Å². The molecule has 0 amide bonds. The molecule has 0 radical (unpaired) electrons. The van der Waals surface area contributed by atoms with Gasteiger partial charge in [0.2, 0.25) is 0 Å². The van der Waals surface area contributed by atoms with Crippen LogP contribution in [-0.4, -0.2) is 0 Å². The molecule has 0 heterocycles. The van der Waals surface area contributed by atoms with Gasteiger partial charge in [0.15, 0.2) is 0 Å². The summed E-state index contributed by atoms with van der Waals surface area (Å²) >= 11 is 18.0. The first kappa shape index (κ1) is 15.0. The Morgan fingerprint density at radius 2 is 1.90 bits per heavy atom. The average Bonchev–Trinajstić information content (AvgIpc) is 2.46. The monoisotopic (exact) mass is 325 g/mol. The lowest BCUT2D eigenvalue weighted by Gasteiger charge is -2.12. The Morgan fingerprint density at radius 3 is 2.55 bits per heavy atom. The topological polar surface area (TPSA) is 33.0 Å². The molecule has 0 aliphatic heterocycles. The third-order valence-electron chi connectivity index (χ3n) is 2.77. The molecule has 2 aromatic rings. The summed E-state index contributed by atoms with van der Waals surface area (Å²) in [6, 6.07) is 12.5. The molecule has 0 aliphatic carbocycles. The van der Waals surface area contributed by atoms with Crippen LogP contribution in [0.3, 0.4) is 0 Å². The molecule has 0 saturated carbocycles. The van der Waals surface area contributed by atoms with Gasteiger partial charge in [-0.15, -0.1) is 11.6 Å². The van der Waals surface area contributed by atoms with Crippen LogP contribution in [-0.2, 0) is 12.5 Å². The van der Waals surface area contributed by atoms with Gasteiger partial charge in [-0.05, 0) is 24.3 Å². The number of halogens is 3. The van der Waals surface area contributed by atoms with E-state index in [1.807, 2.05) is 6.07 Å². The van der Waals surface area contributed by atoms with Gasteiger partial charge in [0, 0.05) is 21.2 Å². The summed E-state index contributed by atoms with van der Waals surface area (Å²) in [5.41, 5.74) is 2.06. The van der Waals surface area contributed by atoms with Crippen molar-refractivity contribution >= 4 is 34.8 Å². The first-order valence-electron chi connectivity index (χ1n) is 5.80. The summed E-state index contributed by atoms with van der Waals surface area (Å²) in [6.45, 7) is 0.286. The first-order chi connectivity index (χ1) is 9.65. The second-order valence-electron chi connectivity index (χ2n) is 4.06. The molecule has 0 atom stereocenters. The van der Waals surface area contributed by atoms with Crippen molar-refractivity contribution in [2.24, 2.45) is 0 Å². The molecule has 0 unspecified atom stereocenters. The van der Waals surface area contributed by atoms with Crippen LogP contribution in [0.15, 0.2) is 36.4 Å². The normalized spacial score (nSPS) is 10.1. The van der Waals surface area contributed by atoms with E-state index >= 15 is 0 Å². The minimum Gasteiger partial charge on any atom is -0.488 e.